The van der Waals surface area contributed by atoms with Crippen LogP contribution in [0.25, 0.3) is 0 Å². The van der Waals surface area contributed by atoms with Gasteiger partial charge in [0.2, 0.25) is 0 Å². The van der Waals surface area contributed by atoms with Crippen molar-refractivity contribution in [1.82, 2.24) is 0 Å². The number of carbonyl (C=O) groups is 1. The molecule has 0 unspecified atom stereocenters. The van der Waals surface area contributed by atoms with Gasteiger partial charge in [0.15, 0.2) is 5.78 Å². The van der Waals surface area contributed by atoms with E-state index >= 15 is 0 Å². The van der Waals surface area contributed by atoms with Crippen molar-refractivity contribution in [2.24, 2.45) is 0 Å². The molecule has 0 rings (SSSR count). The maximum atomic E-state index is 10.3. The molecule has 0 spiro atoms. The molecule has 0 radical (unpaired) electrons. The van der Waals surface area contributed by atoms with Crippen molar-refractivity contribution >= 4 is 21.9 Å². The second-order valence-electron chi connectivity index (χ2n) is 1.64. The molecule has 0 aliphatic heterocycles. The zero-order valence-corrected chi connectivity index (χ0v) is 6.20. The smallest absolute Gasteiger partial charge is 0.152 e. The summed E-state index contributed by atoms with van der Waals surface area (Å²) in [5, 5.41) is 0. The van der Waals surface area contributed by atoms with Gasteiger partial charge in [0.25, 0.3) is 0 Å². The minimum absolute atomic E-state index is 0.0385. The van der Waals surface area contributed by atoms with Gasteiger partial charge in [0.05, 0.1) is 11.3 Å². The normalized spacial score (nSPS) is 9.56. The largest absolute Gasteiger partial charge is 0.295 e. The lowest BCUT2D eigenvalue weighted by atomic mass is 10.3. The van der Waals surface area contributed by atoms with Crippen molar-refractivity contribution < 1.29 is 9.00 Å². The molecule has 0 fully saturated rings. The van der Waals surface area contributed by atoms with Gasteiger partial charge in [-0.3, -0.25) is 4.79 Å². The van der Waals surface area contributed by atoms with E-state index in [2.05, 4.69) is 0 Å². The molecular formula is C6H8O2S. The number of ketones is 1. The summed E-state index contributed by atoms with van der Waals surface area (Å²) in [5.74, 6) is -0.0385. The summed E-state index contributed by atoms with van der Waals surface area (Å²) < 4.78 is 9.96. The van der Waals surface area contributed by atoms with E-state index in [-0.39, 0.29) is 5.78 Å². The molecule has 0 atom stereocenters. The zero-order chi connectivity index (χ0) is 7.28. The predicted octanol–water partition coefficient (Wildman–Crippen LogP) is 0.537. The van der Waals surface area contributed by atoms with Gasteiger partial charge in [-0.05, 0) is 26.0 Å². The molecule has 0 aromatic carbocycles. The van der Waals surface area contributed by atoms with Gasteiger partial charge in [0.1, 0.15) is 0 Å². The van der Waals surface area contributed by atoms with Crippen molar-refractivity contribution in [2.45, 2.75) is 13.8 Å². The first-order valence-electron chi connectivity index (χ1n) is 2.49. The Bertz CT molecular complexity index is 187. The Morgan fingerprint density at radius 2 is 1.89 bits per heavy atom. The molecule has 3 heteroatoms. The van der Waals surface area contributed by atoms with Crippen LogP contribution in [-0.4, -0.2) is 14.9 Å². The van der Waals surface area contributed by atoms with Gasteiger partial charge >= 0.3 is 0 Å². The minimum Gasteiger partial charge on any atom is -0.295 e. The molecule has 0 aromatic rings. The van der Waals surface area contributed by atoms with Crippen molar-refractivity contribution in [3.63, 3.8) is 0 Å². The molecule has 0 amide bonds. The van der Waals surface area contributed by atoms with E-state index in [4.69, 9.17) is 0 Å². The lowest BCUT2D eigenvalue weighted by molar-refractivity contribution is -0.112. The van der Waals surface area contributed by atoms with Gasteiger partial charge in [0, 0.05) is 4.86 Å². The van der Waals surface area contributed by atoms with Crippen LogP contribution in [0.15, 0.2) is 12.2 Å². The first-order valence-corrected chi connectivity index (χ1v) is 3.23. The molecule has 2 nitrogen and oxygen atoms in total. The standard InChI is InChI=1S/C6H8O2S/c1-5(7)3-4-6(2)9-8/h3-4H,1-2H3/b4-3-. The van der Waals surface area contributed by atoms with Crippen molar-refractivity contribution in [3.05, 3.63) is 12.2 Å². The molecular weight excluding hydrogens is 136 g/mol. The van der Waals surface area contributed by atoms with Gasteiger partial charge in [-0.15, -0.1) is 0 Å². The zero-order valence-electron chi connectivity index (χ0n) is 5.38. The van der Waals surface area contributed by atoms with Crippen LogP contribution in [0.2, 0.25) is 0 Å². The van der Waals surface area contributed by atoms with Crippen LogP contribution in [0.3, 0.4) is 0 Å². The van der Waals surface area contributed by atoms with Gasteiger partial charge < -0.3 is 0 Å². The van der Waals surface area contributed by atoms with Crippen LogP contribution in [-0.2, 0) is 16.1 Å². The molecule has 0 aliphatic carbocycles. The molecule has 0 saturated heterocycles. The van der Waals surface area contributed by atoms with Crippen molar-refractivity contribution in [3.8, 4) is 0 Å². The monoisotopic (exact) mass is 144 g/mol. The SMILES string of the molecule is CC(=O)/C=C\C(C)=S=O. The third kappa shape index (κ3) is 5.17. The number of carbonyl (C=O) groups excluding carboxylic acids is 1. The Labute approximate surface area is 57.6 Å². The first-order chi connectivity index (χ1) is 4.16. The number of rotatable bonds is 2. The predicted molar refractivity (Wildman–Crippen MR) is 38.6 cm³/mol. The summed E-state index contributed by atoms with van der Waals surface area (Å²) in [6.07, 6.45) is 2.89. The van der Waals surface area contributed by atoms with E-state index in [1.807, 2.05) is 0 Å². The van der Waals surface area contributed by atoms with Crippen LogP contribution < -0.4 is 0 Å². The van der Waals surface area contributed by atoms with Crippen molar-refractivity contribution in [2.75, 3.05) is 0 Å². The van der Waals surface area contributed by atoms with E-state index in [1.54, 1.807) is 6.92 Å². The Morgan fingerprint density at radius 3 is 2.22 bits per heavy atom. The lowest BCUT2D eigenvalue weighted by Gasteiger charge is -1.77. The second-order valence-corrected chi connectivity index (χ2v) is 2.45. The van der Waals surface area contributed by atoms with Crippen LogP contribution in [0.5, 0.6) is 0 Å². The maximum Gasteiger partial charge on any atom is 0.152 e. The van der Waals surface area contributed by atoms with Crippen LogP contribution >= 0.6 is 0 Å². The molecule has 0 N–H and O–H groups in total. The van der Waals surface area contributed by atoms with E-state index in [0.29, 0.717) is 16.1 Å². The van der Waals surface area contributed by atoms with E-state index in [0.717, 1.165) is 0 Å². The highest BCUT2D eigenvalue weighted by Gasteiger charge is 1.82. The van der Waals surface area contributed by atoms with Gasteiger partial charge in [-0.1, -0.05) is 0 Å². The summed E-state index contributed by atoms with van der Waals surface area (Å²) in [5.41, 5.74) is 0. The average Bonchev–Trinajstić information content (AvgIpc) is 1.83. The van der Waals surface area contributed by atoms with Gasteiger partial charge in [-0.25, -0.2) is 4.21 Å². The fourth-order valence-electron chi connectivity index (χ4n) is 0.262. The Balaban J connectivity index is 4.01. The third-order valence-electron chi connectivity index (χ3n) is 0.684. The van der Waals surface area contributed by atoms with E-state index < -0.39 is 0 Å². The summed E-state index contributed by atoms with van der Waals surface area (Å²) in [6, 6.07) is 0. The van der Waals surface area contributed by atoms with Crippen LogP contribution in [0.4, 0.5) is 0 Å². The fourth-order valence-corrected chi connectivity index (χ4v) is 0.386. The summed E-state index contributed by atoms with van der Waals surface area (Å²) >= 11 is 0.394. The molecule has 0 heterocycles. The average molecular weight is 144 g/mol. The third-order valence-corrected chi connectivity index (χ3v) is 1.08. The topological polar surface area (TPSA) is 34.1 Å². The lowest BCUT2D eigenvalue weighted by Crippen LogP contribution is -1.86. The molecule has 0 bridgehead atoms. The summed E-state index contributed by atoms with van der Waals surface area (Å²) in [7, 11) is 0. The fraction of sp³-hybridized carbons (Fsp3) is 0.333. The van der Waals surface area contributed by atoms with Crippen LogP contribution in [0, 0.1) is 0 Å². The Hall–Kier alpha value is -0.700. The second kappa shape index (κ2) is 4.21. The summed E-state index contributed by atoms with van der Waals surface area (Å²) in [4.78, 5) is 10.9. The summed E-state index contributed by atoms with van der Waals surface area (Å²) in [6.45, 7) is 3.11. The quantitative estimate of drug-likeness (QED) is 0.418. The highest BCUT2D eigenvalue weighted by Crippen LogP contribution is 1.76. The van der Waals surface area contributed by atoms with E-state index in [9.17, 15) is 9.00 Å². The first kappa shape index (κ1) is 8.30. The van der Waals surface area contributed by atoms with Gasteiger partial charge in [-0.2, -0.15) is 0 Å². The Morgan fingerprint density at radius 1 is 1.33 bits per heavy atom. The Kier molecular flexibility index (Phi) is 3.88. The van der Waals surface area contributed by atoms with Crippen LogP contribution in [0.1, 0.15) is 13.8 Å². The molecule has 0 aromatic heterocycles. The molecule has 50 valence electrons. The molecule has 9 heavy (non-hydrogen) atoms. The maximum absolute atomic E-state index is 10.3. The molecule has 0 aliphatic rings. The highest BCUT2D eigenvalue weighted by atomic mass is 32.1. The number of hydrogen-bond donors (Lipinski definition) is 0. The minimum atomic E-state index is -0.0385. The molecule has 0 saturated carbocycles. The number of hydrogen-bond acceptors (Lipinski definition) is 2. The highest BCUT2D eigenvalue weighted by molar-refractivity contribution is 7.66. The van der Waals surface area contributed by atoms with E-state index in [1.165, 1.54) is 19.1 Å². The van der Waals surface area contributed by atoms with Crippen molar-refractivity contribution in [1.29, 1.82) is 0 Å². The number of allylic oxidation sites excluding steroid dienone is 2.